The van der Waals surface area contributed by atoms with Crippen LogP contribution in [0.4, 0.5) is 22.1 Å². The molecule has 5 heterocycles. The Hall–Kier alpha value is -6.10. The van der Waals surface area contributed by atoms with Gasteiger partial charge in [-0.1, -0.05) is 12.1 Å². The van der Waals surface area contributed by atoms with Crippen LogP contribution < -0.4 is 26.6 Å². The number of carbonyl (C=O) groups excluding carboxylic acids is 6. The van der Waals surface area contributed by atoms with Gasteiger partial charge in [0.1, 0.15) is 11.9 Å². The maximum Gasteiger partial charge on any atom is 0.320 e. The summed E-state index contributed by atoms with van der Waals surface area (Å²) in [5, 5.41) is 8.29. The monoisotopic (exact) mass is 758 g/mol. The Kier molecular flexibility index (Phi) is 10.9. The zero-order valence-electron chi connectivity index (χ0n) is 30.6. The van der Waals surface area contributed by atoms with Crippen molar-refractivity contribution in [2.45, 2.75) is 50.7 Å². The average Bonchev–Trinajstić information content (AvgIpc) is 3.70. The Morgan fingerprint density at radius 2 is 1.84 bits per heavy atom. The molecule has 4 aliphatic heterocycles. The Morgan fingerprint density at radius 1 is 1.02 bits per heavy atom. The second-order valence-corrected chi connectivity index (χ2v) is 14.1. The SMILES string of the molecule is CN1CCN([C@@H]2CCCN(c3cnc(C(N)=O)c(Nc4ccc(C(=O)NCCOCCc5cccc6c5CN(C5CCC(=O)NC5=O)C6=O)cc4)n3)C2)C1=O.[HH].[HH].[HH]. The molecule has 3 fully saturated rings. The third-order valence-corrected chi connectivity index (χ3v) is 10.5. The van der Waals surface area contributed by atoms with Crippen molar-refractivity contribution in [3.05, 3.63) is 76.6 Å². The lowest BCUT2D eigenvalue weighted by atomic mass is 10.0. The molecule has 17 nitrogen and oxygen atoms in total. The second kappa shape index (κ2) is 16.1. The molecule has 294 valence electrons. The van der Waals surface area contributed by atoms with E-state index in [0.29, 0.717) is 68.3 Å². The number of likely N-dealkylation sites (N-methyl/N-ethyl adjacent to an activating group) is 1. The molecular formula is C38H50N10O7. The highest BCUT2D eigenvalue weighted by atomic mass is 16.5. The number of hydrogen-bond acceptors (Lipinski definition) is 11. The minimum Gasteiger partial charge on any atom is -0.379 e. The number of nitrogens with zero attached hydrogens (tertiary/aromatic N) is 6. The molecule has 3 saturated heterocycles. The number of carbonyl (C=O) groups is 6. The van der Waals surface area contributed by atoms with Gasteiger partial charge in [0.05, 0.1) is 25.5 Å². The van der Waals surface area contributed by atoms with E-state index >= 15 is 0 Å². The van der Waals surface area contributed by atoms with Crippen LogP contribution in [-0.4, -0.2) is 125 Å². The summed E-state index contributed by atoms with van der Waals surface area (Å²) in [6.07, 6.45) is 4.35. The van der Waals surface area contributed by atoms with Gasteiger partial charge in [0.15, 0.2) is 11.5 Å². The maximum atomic E-state index is 13.1. The Balaban J connectivity index is 0.00000248. The molecule has 4 aliphatic rings. The third-order valence-electron chi connectivity index (χ3n) is 10.5. The van der Waals surface area contributed by atoms with E-state index in [1.54, 1.807) is 42.3 Å². The van der Waals surface area contributed by atoms with E-state index in [0.717, 1.165) is 30.5 Å². The van der Waals surface area contributed by atoms with Crippen LogP contribution in [0.2, 0.25) is 0 Å². The van der Waals surface area contributed by atoms with Crippen molar-refractivity contribution in [3.63, 3.8) is 0 Å². The first-order chi connectivity index (χ1) is 26.6. The first-order valence-electron chi connectivity index (χ1n) is 18.5. The van der Waals surface area contributed by atoms with Crippen LogP contribution in [0.5, 0.6) is 0 Å². The highest BCUT2D eigenvalue weighted by molar-refractivity contribution is 6.05. The molecular weight excluding hydrogens is 708 g/mol. The minimum atomic E-state index is -0.735. The highest BCUT2D eigenvalue weighted by Crippen LogP contribution is 2.30. The van der Waals surface area contributed by atoms with E-state index in [1.807, 2.05) is 17.0 Å². The summed E-state index contributed by atoms with van der Waals surface area (Å²) < 4.78 is 5.79. The van der Waals surface area contributed by atoms with Crippen molar-refractivity contribution in [2.75, 3.05) is 63.2 Å². The third kappa shape index (κ3) is 8.06. The van der Waals surface area contributed by atoms with Gasteiger partial charge in [-0.2, -0.15) is 0 Å². The van der Waals surface area contributed by atoms with Crippen LogP contribution in [0.25, 0.3) is 0 Å². The van der Waals surface area contributed by atoms with Crippen molar-refractivity contribution >= 4 is 52.9 Å². The molecule has 5 N–H and O–H groups in total. The average molecular weight is 759 g/mol. The van der Waals surface area contributed by atoms with Gasteiger partial charge in [-0.25, -0.2) is 14.8 Å². The summed E-state index contributed by atoms with van der Waals surface area (Å²) in [7, 11) is 1.80. The fourth-order valence-corrected chi connectivity index (χ4v) is 7.57. The molecule has 55 heavy (non-hydrogen) atoms. The zero-order valence-corrected chi connectivity index (χ0v) is 30.6. The number of anilines is 3. The highest BCUT2D eigenvalue weighted by Gasteiger charge is 2.40. The van der Waals surface area contributed by atoms with Crippen LogP contribution in [0.3, 0.4) is 0 Å². The summed E-state index contributed by atoms with van der Waals surface area (Å²) in [6, 6.07) is 11.6. The number of aromatic nitrogens is 2. The van der Waals surface area contributed by atoms with E-state index in [2.05, 4.69) is 25.8 Å². The molecule has 7 amide bonds. The fourth-order valence-electron chi connectivity index (χ4n) is 7.57. The topological polar surface area (TPSA) is 212 Å². The number of fused-ring (bicyclic) bond motifs is 1. The summed E-state index contributed by atoms with van der Waals surface area (Å²) >= 11 is 0. The summed E-state index contributed by atoms with van der Waals surface area (Å²) in [6.45, 7) is 3.93. The molecule has 2 atom stereocenters. The Bertz CT molecular complexity index is 2020. The van der Waals surface area contributed by atoms with Crippen molar-refractivity contribution in [1.82, 2.24) is 35.3 Å². The van der Waals surface area contributed by atoms with Gasteiger partial charge in [-0.3, -0.25) is 29.3 Å². The molecule has 17 heteroatoms. The molecule has 0 aliphatic carbocycles. The van der Waals surface area contributed by atoms with Crippen LogP contribution in [0, 0.1) is 0 Å². The first kappa shape index (κ1) is 37.2. The number of benzene rings is 2. The summed E-state index contributed by atoms with van der Waals surface area (Å²) in [4.78, 5) is 91.0. The molecule has 3 aromatic rings. The van der Waals surface area contributed by atoms with Crippen LogP contribution >= 0.6 is 0 Å². The number of rotatable bonds is 13. The number of amides is 7. The normalized spacial score (nSPS) is 19.8. The minimum absolute atomic E-state index is 0. The number of hydrogen-bond donors (Lipinski definition) is 4. The number of primary amides is 1. The van der Waals surface area contributed by atoms with E-state index in [-0.39, 0.29) is 65.2 Å². The van der Waals surface area contributed by atoms with Crippen molar-refractivity contribution < 1.29 is 37.8 Å². The largest absolute Gasteiger partial charge is 0.379 e. The molecule has 0 saturated carbocycles. The number of nitrogens with one attached hydrogen (secondary N) is 3. The molecule has 1 aromatic heterocycles. The molecule has 1 unspecified atom stereocenters. The number of imide groups is 1. The predicted octanol–water partition coefficient (Wildman–Crippen LogP) is 2.14. The van der Waals surface area contributed by atoms with Gasteiger partial charge in [0.25, 0.3) is 17.7 Å². The van der Waals surface area contributed by atoms with Crippen molar-refractivity contribution in [2.24, 2.45) is 5.73 Å². The molecule has 0 radical (unpaired) electrons. The summed E-state index contributed by atoms with van der Waals surface area (Å²) in [5.74, 6) is -1.25. The lowest BCUT2D eigenvalue weighted by Crippen LogP contribution is -2.52. The van der Waals surface area contributed by atoms with E-state index in [1.165, 1.54) is 11.1 Å². The molecule has 2 aromatic carbocycles. The first-order valence-corrected chi connectivity index (χ1v) is 18.5. The van der Waals surface area contributed by atoms with Gasteiger partial charge in [-0.05, 0) is 67.1 Å². The van der Waals surface area contributed by atoms with Crippen LogP contribution in [0.15, 0.2) is 48.7 Å². The quantitative estimate of drug-likeness (QED) is 0.147. The number of urea groups is 1. The predicted molar refractivity (Wildman–Crippen MR) is 206 cm³/mol. The van der Waals surface area contributed by atoms with Crippen molar-refractivity contribution in [3.8, 4) is 0 Å². The van der Waals surface area contributed by atoms with Gasteiger partial charge in [-0.15, -0.1) is 0 Å². The smallest absolute Gasteiger partial charge is 0.320 e. The van der Waals surface area contributed by atoms with Gasteiger partial charge >= 0.3 is 6.03 Å². The second-order valence-electron chi connectivity index (χ2n) is 14.1. The van der Waals surface area contributed by atoms with Crippen LogP contribution in [0.1, 0.15) is 72.3 Å². The van der Waals surface area contributed by atoms with Gasteiger partial charge < -0.3 is 40.7 Å². The number of ether oxygens (including phenoxy) is 1. The van der Waals surface area contributed by atoms with Crippen molar-refractivity contribution in [1.29, 1.82) is 0 Å². The lowest BCUT2D eigenvalue weighted by molar-refractivity contribution is -0.136. The van der Waals surface area contributed by atoms with Gasteiger partial charge in [0, 0.05) is 73.8 Å². The molecule has 7 rings (SSSR count). The van der Waals surface area contributed by atoms with E-state index < -0.39 is 17.9 Å². The Morgan fingerprint density at radius 3 is 2.58 bits per heavy atom. The number of piperidine rings is 2. The molecule has 0 bridgehead atoms. The van der Waals surface area contributed by atoms with Gasteiger partial charge in [0.2, 0.25) is 11.8 Å². The maximum absolute atomic E-state index is 13.1. The Labute approximate surface area is 322 Å². The van der Waals surface area contributed by atoms with E-state index in [4.69, 9.17) is 15.5 Å². The lowest BCUT2D eigenvalue weighted by Gasteiger charge is -2.37. The zero-order chi connectivity index (χ0) is 38.6. The standard InChI is InChI=1S/C38H44N10O7.3H2/c1-45-16-17-47(38(45)54)26-5-3-15-46(21-26)30-20-41-32(33(39)50)34(43-30)42-25-9-7-24(8-10-25)35(51)40-14-19-55-18-13-23-4-2-6-27-28(23)22-48(37(27)53)29-11-12-31(49)44-36(29)52;;;/h2,4,6-10,20,26,29H,3,5,11-19,21-22H2,1H3,(H2,39,50)(H,40,51)(H,42,43)(H,44,49,52);3*1H/t26-,29?;;;/m1.../s1. The fraction of sp³-hybridized carbons (Fsp3) is 0.421. The van der Waals surface area contributed by atoms with E-state index in [9.17, 15) is 28.8 Å². The number of nitrogens with two attached hydrogens (primary N) is 1. The summed E-state index contributed by atoms with van der Waals surface area (Å²) in [5.41, 5.74) is 8.97. The molecule has 0 spiro atoms. The van der Waals surface area contributed by atoms with Crippen LogP contribution in [-0.2, 0) is 27.3 Å².